The molecule has 50 valence electrons. The first-order valence-electron chi connectivity index (χ1n) is 2.53. The van der Waals surface area contributed by atoms with Crippen molar-refractivity contribution in [2.75, 3.05) is 0 Å². The van der Waals surface area contributed by atoms with Gasteiger partial charge in [-0.1, -0.05) is 6.08 Å². The summed E-state index contributed by atoms with van der Waals surface area (Å²) in [5.41, 5.74) is 0. The Morgan fingerprint density at radius 1 is 1.67 bits per heavy atom. The van der Waals surface area contributed by atoms with Crippen LogP contribution in [0.25, 0.3) is 0 Å². The second-order valence-corrected chi connectivity index (χ2v) is 1.65. The largest absolute Gasteiger partial charge is 0.481 e. The van der Waals surface area contributed by atoms with Gasteiger partial charge < -0.3 is 5.11 Å². The molecule has 0 aromatic carbocycles. The summed E-state index contributed by atoms with van der Waals surface area (Å²) < 4.78 is 0. The van der Waals surface area contributed by atoms with Crippen molar-refractivity contribution in [2.24, 2.45) is 5.92 Å². The van der Waals surface area contributed by atoms with Crippen molar-refractivity contribution < 1.29 is 14.7 Å². The number of hydrogen-bond donors (Lipinski definition) is 1. The second kappa shape index (κ2) is 3.83. The Morgan fingerprint density at radius 3 is 2.56 bits per heavy atom. The minimum Gasteiger partial charge on any atom is -0.481 e. The fourth-order valence-electron chi connectivity index (χ4n) is 0.294. The third kappa shape index (κ3) is 3.46. The average molecular weight is 128 g/mol. The van der Waals surface area contributed by atoms with Gasteiger partial charge in [-0.3, -0.25) is 9.59 Å². The van der Waals surface area contributed by atoms with Gasteiger partial charge in [-0.2, -0.15) is 0 Å². The lowest BCUT2D eigenvalue weighted by Crippen LogP contribution is -2.05. The SMILES string of the molecule is CC(C=CC=O)C(=O)O. The molecule has 9 heavy (non-hydrogen) atoms. The summed E-state index contributed by atoms with van der Waals surface area (Å²) >= 11 is 0. The van der Waals surface area contributed by atoms with Crippen molar-refractivity contribution >= 4 is 12.3 Å². The molecule has 0 heterocycles. The summed E-state index contributed by atoms with van der Waals surface area (Å²) in [5, 5.41) is 8.24. The van der Waals surface area contributed by atoms with E-state index in [0.29, 0.717) is 6.29 Å². The molecule has 0 bridgehead atoms. The van der Waals surface area contributed by atoms with Crippen LogP contribution < -0.4 is 0 Å². The monoisotopic (exact) mass is 128 g/mol. The first-order valence-corrected chi connectivity index (χ1v) is 2.53. The zero-order valence-electron chi connectivity index (χ0n) is 5.07. The van der Waals surface area contributed by atoms with Gasteiger partial charge >= 0.3 is 5.97 Å². The smallest absolute Gasteiger partial charge is 0.310 e. The number of hydrogen-bond acceptors (Lipinski definition) is 2. The highest BCUT2D eigenvalue weighted by molar-refractivity contribution is 5.74. The number of allylic oxidation sites excluding steroid dienone is 1. The number of aldehydes is 1. The molecule has 0 fully saturated rings. The summed E-state index contributed by atoms with van der Waals surface area (Å²) in [6.07, 6.45) is 3.06. The van der Waals surface area contributed by atoms with Crippen LogP contribution in [-0.2, 0) is 9.59 Å². The first-order chi connectivity index (χ1) is 4.18. The van der Waals surface area contributed by atoms with E-state index in [9.17, 15) is 9.59 Å². The van der Waals surface area contributed by atoms with Gasteiger partial charge in [0, 0.05) is 0 Å². The van der Waals surface area contributed by atoms with Gasteiger partial charge in [0.25, 0.3) is 0 Å². The Kier molecular flexibility index (Phi) is 3.35. The predicted molar refractivity (Wildman–Crippen MR) is 32.0 cm³/mol. The molecular formula is C6H8O3. The van der Waals surface area contributed by atoms with Crippen LogP contribution >= 0.6 is 0 Å². The number of rotatable bonds is 3. The van der Waals surface area contributed by atoms with Crippen molar-refractivity contribution in [3.63, 3.8) is 0 Å². The van der Waals surface area contributed by atoms with Crippen LogP contribution in [0.4, 0.5) is 0 Å². The number of carboxylic acid groups (broad SMARTS) is 1. The molecule has 1 N–H and O–H groups in total. The zero-order valence-corrected chi connectivity index (χ0v) is 5.07. The van der Waals surface area contributed by atoms with Gasteiger partial charge in [0.15, 0.2) is 0 Å². The third-order valence-electron chi connectivity index (χ3n) is 0.868. The van der Waals surface area contributed by atoms with Gasteiger partial charge in [0.2, 0.25) is 0 Å². The minimum atomic E-state index is -0.923. The van der Waals surface area contributed by atoms with Crippen LogP contribution in [0.3, 0.4) is 0 Å². The highest BCUT2D eigenvalue weighted by Gasteiger charge is 2.03. The standard InChI is InChI=1S/C6H8O3/c1-5(6(8)9)3-2-4-7/h2-5H,1H3,(H,8,9). The van der Waals surface area contributed by atoms with E-state index in [2.05, 4.69) is 0 Å². The Bertz CT molecular complexity index is 137. The van der Waals surface area contributed by atoms with Gasteiger partial charge in [0.05, 0.1) is 5.92 Å². The van der Waals surface area contributed by atoms with E-state index in [1.807, 2.05) is 0 Å². The maximum atomic E-state index is 10.0. The van der Waals surface area contributed by atoms with Crippen LogP contribution in [0.2, 0.25) is 0 Å². The molecule has 1 atom stereocenters. The van der Waals surface area contributed by atoms with E-state index in [4.69, 9.17) is 5.11 Å². The maximum Gasteiger partial charge on any atom is 0.310 e. The van der Waals surface area contributed by atoms with E-state index in [0.717, 1.165) is 0 Å². The highest BCUT2D eigenvalue weighted by atomic mass is 16.4. The van der Waals surface area contributed by atoms with Crippen LogP contribution in [0.5, 0.6) is 0 Å². The summed E-state index contributed by atoms with van der Waals surface area (Å²) in [4.78, 5) is 19.7. The van der Waals surface area contributed by atoms with Crippen LogP contribution in [-0.4, -0.2) is 17.4 Å². The fraction of sp³-hybridized carbons (Fsp3) is 0.333. The molecule has 0 rings (SSSR count). The van der Waals surface area contributed by atoms with Crippen molar-refractivity contribution in [3.05, 3.63) is 12.2 Å². The Hall–Kier alpha value is -1.12. The Morgan fingerprint density at radius 2 is 2.22 bits per heavy atom. The molecule has 3 heteroatoms. The van der Waals surface area contributed by atoms with E-state index in [-0.39, 0.29) is 0 Å². The molecule has 3 nitrogen and oxygen atoms in total. The molecule has 0 spiro atoms. The summed E-state index contributed by atoms with van der Waals surface area (Å²) in [6, 6.07) is 0. The van der Waals surface area contributed by atoms with Gasteiger partial charge in [-0.15, -0.1) is 0 Å². The Labute approximate surface area is 53.0 Å². The highest BCUT2D eigenvalue weighted by Crippen LogP contribution is 1.94. The molecule has 0 aromatic heterocycles. The number of aliphatic carboxylic acids is 1. The zero-order chi connectivity index (χ0) is 7.28. The van der Waals surface area contributed by atoms with E-state index in [1.54, 1.807) is 0 Å². The van der Waals surface area contributed by atoms with E-state index >= 15 is 0 Å². The Balaban J connectivity index is 3.75. The maximum absolute atomic E-state index is 10.0. The van der Waals surface area contributed by atoms with Crippen molar-refractivity contribution in [2.45, 2.75) is 6.92 Å². The summed E-state index contributed by atoms with van der Waals surface area (Å²) in [5.74, 6) is -1.50. The third-order valence-corrected chi connectivity index (χ3v) is 0.868. The van der Waals surface area contributed by atoms with Crippen molar-refractivity contribution in [3.8, 4) is 0 Å². The fourth-order valence-corrected chi connectivity index (χ4v) is 0.294. The molecule has 0 amide bonds. The van der Waals surface area contributed by atoms with E-state index in [1.165, 1.54) is 19.1 Å². The quantitative estimate of drug-likeness (QED) is 0.443. The molecule has 1 unspecified atom stereocenters. The lowest BCUT2D eigenvalue weighted by atomic mass is 10.2. The minimum absolute atomic E-state index is 0.555. The normalized spacial score (nSPS) is 13.4. The van der Waals surface area contributed by atoms with Crippen LogP contribution in [0, 0.1) is 5.92 Å². The number of carboxylic acids is 1. The lowest BCUT2D eigenvalue weighted by molar-refractivity contribution is -0.139. The molecule has 0 aliphatic rings. The van der Waals surface area contributed by atoms with Crippen LogP contribution in [0.1, 0.15) is 6.92 Å². The molecule has 0 aliphatic carbocycles. The first kappa shape index (κ1) is 7.88. The summed E-state index contributed by atoms with van der Waals surface area (Å²) in [6.45, 7) is 1.50. The van der Waals surface area contributed by atoms with Crippen molar-refractivity contribution in [1.29, 1.82) is 0 Å². The molecule has 0 saturated carbocycles. The second-order valence-electron chi connectivity index (χ2n) is 1.65. The predicted octanol–water partition coefficient (Wildman–Crippen LogP) is 0.462. The number of carbonyl (C=O) groups is 2. The van der Waals surface area contributed by atoms with Gasteiger partial charge in [-0.25, -0.2) is 0 Å². The summed E-state index contributed by atoms with van der Waals surface area (Å²) in [7, 11) is 0. The van der Waals surface area contributed by atoms with Crippen LogP contribution in [0.15, 0.2) is 12.2 Å². The van der Waals surface area contributed by atoms with Gasteiger partial charge in [-0.05, 0) is 13.0 Å². The lowest BCUT2D eigenvalue weighted by Gasteiger charge is -1.93. The molecule has 0 radical (unpaired) electrons. The molecule has 0 saturated heterocycles. The molecule has 0 aliphatic heterocycles. The van der Waals surface area contributed by atoms with Crippen molar-refractivity contribution in [1.82, 2.24) is 0 Å². The van der Waals surface area contributed by atoms with Gasteiger partial charge in [0.1, 0.15) is 6.29 Å². The molecule has 0 aromatic rings. The molecular weight excluding hydrogens is 120 g/mol. The number of carbonyl (C=O) groups excluding carboxylic acids is 1. The average Bonchev–Trinajstić information content (AvgIpc) is 1.82. The van der Waals surface area contributed by atoms with E-state index < -0.39 is 11.9 Å². The topological polar surface area (TPSA) is 54.4 Å².